The molecule has 4 heteroatoms. The van der Waals surface area contributed by atoms with Crippen molar-refractivity contribution in [1.29, 1.82) is 0 Å². The van der Waals surface area contributed by atoms with Crippen molar-refractivity contribution in [3.8, 4) is 0 Å². The van der Waals surface area contributed by atoms with Crippen molar-refractivity contribution >= 4 is 11.3 Å². The summed E-state index contributed by atoms with van der Waals surface area (Å²) in [6.07, 6.45) is 0.620. The molecule has 21 heavy (non-hydrogen) atoms. The van der Waals surface area contributed by atoms with Gasteiger partial charge in [-0.25, -0.2) is 4.39 Å². The zero-order chi connectivity index (χ0) is 15.3. The topological polar surface area (TPSA) is 29.3 Å². The van der Waals surface area contributed by atoms with Crippen molar-refractivity contribution in [2.75, 3.05) is 13.1 Å². The zero-order valence-corrected chi connectivity index (χ0v) is 13.5. The van der Waals surface area contributed by atoms with Crippen LogP contribution in [0.1, 0.15) is 24.3 Å². The summed E-state index contributed by atoms with van der Waals surface area (Å²) in [4.78, 5) is 3.65. The van der Waals surface area contributed by atoms with E-state index in [0.29, 0.717) is 13.0 Å². The number of halogens is 1. The number of hydrogen-bond acceptors (Lipinski definition) is 3. The Labute approximate surface area is 130 Å². The lowest BCUT2D eigenvalue weighted by Gasteiger charge is -2.40. The van der Waals surface area contributed by atoms with Crippen LogP contribution in [0.5, 0.6) is 0 Å². The lowest BCUT2D eigenvalue weighted by Crippen LogP contribution is -2.52. The van der Waals surface area contributed by atoms with E-state index < -0.39 is 0 Å². The Hall–Kier alpha value is -1.23. The summed E-state index contributed by atoms with van der Waals surface area (Å²) in [5.74, 6) is -0.149. The molecule has 0 spiro atoms. The molecule has 2 rings (SSSR count). The van der Waals surface area contributed by atoms with E-state index in [1.807, 2.05) is 12.1 Å². The molecule has 0 aliphatic carbocycles. The van der Waals surface area contributed by atoms with Gasteiger partial charge in [-0.2, -0.15) is 0 Å². The third-order valence-electron chi connectivity index (χ3n) is 4.04. The van der Waals surface area contributed by atoms with E-state index in [9.17, 15) is 4.39 Å². The number of nitrogens with zero attached hydrogens (tertiary/aromatic N) is 1. The smallest absolute Gasteiger partial charge is 0.126 e. The van der Waals surface area contributed by atoms with Gasteiger partial charge >= 0.3 is 0 Å². The second-order valence-electron chi connectivity index (χ2n) is 5.56. The van der Waals surface area contributed by atoms with Crippen LogP contribution >= 0.6 is 11.3 Å². The van der Waals surface area contributed by atoms with Crippen LogP contribution in [0.25, 0.3) is 0 Å². The van der Waals surface area contributed by atoms with E-state index in [1.165, 1.54) is 10.9 Å². The number of hydrogen-bond donors (Lipinski definition) is 1. The van der Waals surface area contributed by atoms with E-state index in [1.54, 1.807) is 17.4 Å². The van der Waals surface area contributed by atoms with Crippen LogP contribution in [0.2, 0.25) is 0 Å². The van der Waals surface area contributed by atoms with Crippen LogP contribution in [0, 0.1) is 5.82 Å². The molecule has 1 unspecified atom stereocenters. The summed E-state index contributed by atoms with van der Waals surface area (Å²) >= 11 is 1.75. The van der Waals surface area contributed by atoms with Crippen LogP contribution < -0.4 is 5.73 Å². The highest BCUT2D eigenvalue weighted by Gasteiger charge is 2.30. The van der Waals surface area contributed by atoms with Gasteiger partial charge in [-0.1, -0.05) is 31.2 Å². The standard InChI is InChI=1S/C17H23FN2S/c1-3-20(12-15-8-6-10-21-15)17(2,13-19)11-14-7-4-5-9-16(14)18/h4-10H,3,11-13,19H2,1-2H3. The average molecular weight is 306 g/mol. The van der Waals surface area contributed by atoms with Gasteiger partial charge in [0.2, 0.25) is 0 Å². The maximum absolute atomic E-state index is 13.9. The van der Waals surface area contributed by atoms with E-state index in [0.717, 1.165) is 18.7 Å². The molecule has 1 aromatic carbocycles. The summed E-state index contributed by atoms with van der Waals surface area (Å²) in [5, 5.41) is 2.08. The van der Waals surface area contributed by atoms with Crippen molar-refractivity contribution < 1.29 is 4.39 Å². The molecule has 1 aromatic heterocycles. The molecule has 0 bridgehead atoms. The molecule has 0 saturated heterocycles. The summed E-state index contributed by atoms with van der Waals surface area (Å²) in [6, 6.07) is 11.2. The quantitative estimate of drug-likeness (QED) is 0.845. The lowest BCUT2D eigenvalue weighted by atomic mass is 9.90. The predicted octanol–water partition coefficient (Wildman–Crippen LogP) is 3.67. The highest BCUT2D eigenvalue weighted by atomic mass is 32.1. The Balaban J connectivity index is 2.19. The molecule has 1 atom stereocenters. The van der Waals surface area contributed by atoms with Crippen LogP contribution in [0.15, 0.2) is 41.8 Å². The first-order valence-corrected chi connectivity index (χ1v) is 8.18. The minimum atomic E-state index is -0.249. The van der Waals surface area contributed by atoms with E-state index >= 15 is 0 Å². The second-order valence-corrected chi connectivity index (χ2v) is 6.60. The minimum absolute atomic E-state index is 0.149. The number of rotatable bonds is 7. The first kappa shape index (κ1) is 16.1. The van der Waals surface area contributed by atoms with Gasteiger partial charge < -0.3 is 5.73 Å². The monoisotopic (exact) mass is 306 g/mol. The van der Waals surface area contributed by atoms with E-state index in [4.69, 9.17) is 5.73 Å². The highest BCUT2D eigenvalue weighted by Crippen LogP contribution is 2.25. The van der Waals surface area contributed by atoms with Crippen LogP contribution in [-0.4, -0.2) is 23.5 Å². The summed E-state index contributed by atoms with van der Waals surface area (Å²) in [5.41, 5.74) is 6.53. The SMILES string of the molecule is CCN(Cc1cccs1)C(C)(CN)Cc1ccccc1F. The van der Waals surface area contributed by atoms with Crippen LogP contribution in [-0.2, 0) is 13.0 Å². The first-order chi connectivity index (χ1) is 10.1. The Bertz CT molecular complexity index is 556. The fraction of sp³-hybridized carbons (Fsp3) is 0.412. The molecule has 0 aliphatic rings. The van der Waals surface area contributed by atoms with Gasteiger partial charge in [0.15, 0.2) is 0 Å². The number of nitrogens with two attached hydrogens (primary N) is 1. The van der Waals surface area contributed by atoms with Gasteiger partial charge in [0, 0.05) is 23.5 Å². The second kappa shape index (κ2) is 7.16. The van der Waals surface area contributed by atoms with Crippen molar-refractivity contribution in [3.63, 3.8) is 0 Å². The largest absolute Gasteiger partial charge is 0.329 e. The molecule has 2 nitrogen and oxygen atoms in total. The van der Waals surface area contributed by atoms with Crippen LogP contribution in [0.3, 0.4) is 0 Å². The Kier molecular flexibility index (Phi) is 5.51. The van der Waals surface area contributed by atoms with Crippen molar-refractivity contribution in [2.45, 2.75) is 32.4 Å². The molecule has 2 N–H and O–H groups in total. The minimum Gasteiger partial charge on any atom is -0.329 e. The normalized spacial score (nSPS) is 14.3. The molecule has 1 heterocycles. The summed E-state index contributed by atoms with van der Waals surface area (Å²) < 4.78 is 13.9. The molecule has 0 amide bonds. The third kappa shape index (κ3) is 3.90. The Morgan fingerprint density at radius 1 is 1.24 bits per heavy atom. The molecular formula is C17H23FN2S. The number of thiophene rings is 1. The molecule has 2 aromatic rings. The van der Waals surface area contributed by atoms with Gasteiger partial charge in [-0.05, 0) is 43.0 Å². The average Bonchev–Trinajstić information content (AvgIpc) is 3.00. The first-order valence-electron chi connectivity index (χ1n) is 7.30. The fourth-order valence-corrected chi connectivity index (χ4v) is 3.36. The van der Waals surface area contributed by atoms with Crippen LogP contribution in [0.4, 0.5) is 4.39 Å². The maximum Gasteiger partial charge on any atom is 0.126 e. The lowest BCUT2D eigenvalue weighted by molar-refractivity contribution is 0.108. The van der Waals surface area contributed by atoms with Gasteiger partial charge in [0.1, 0.15) is 5.82 Å². The molecular weight excluding hydrogens is 283 g/mol. The Morgan fingerprint density at radius 2 is 2.00 bits per heavy atom. The van der Waals surface area contributed by atoms with Crippen molar-refractivity contribution in [2.24, 2.45) is 5.73 Å². The zero-order valence-electron chi connectivity index (χ0n) is 12.7. The molecule has 0 saturated carbocycles. The van der Waals surface area contributed by atoms with Gasteiger partial charge in [-0.15, -0.1) is 11.3 Å². The molecule has 0 aliphatic heterocycles. The third-order valence-corrected chi connectivity index (χ3v) is 4.90. The van der Waals surface area contributed by atoms with E-state index in [2.05, 4.69) is 36.3 Å². The van der Waals surface area contributed by atoms with Gasteiger partial charge in [-0.3, -0.25) is 4.90 Å². The highest BCUT2D eigenvalue weighted by molar-refractivity contribution is 7.09. The fourth-order valence-electron chi connectivity index (χ4n) is 2.64. The van der Waals surface area contributed by atoms with Gasteiger partial charge in [0.05, 0.1) is 0 Å². The number of benzene rings is 1. The molecule has 114 valence electrons. The predicted molar refractivity (Wildman–Crippen MR) is 88.0 cm³/mol. The summed E-state index contributed by atoms with van der Waals surface area (Å²) in [7, 11) is 0. The van der Waals surface area contributed by atoms with Crippen molar-refractivity contribution in [1.82, 2.24) is 4.90 Å². The summed E-state index contributed by atoms with van der Waals surface area (Å²) in [6.45, 7) is 6.50. The molecule has 0 radical (unpaired) electrons. The van der Waals surface area contributed by atoms with E-state index in [-0.39, 0.29) is 11.4 Å². The molecule has 0 fully saturated rings. The Morgan fingerprint density at radius 3 is 2.57 bits per heavy atom. The maximum atomic E-state index is 13.9. The van der Waals surface area contributed by atoms with Crippen molar-refractivity contribution in [3.05, 3.63) is 58.0 Å². The number of likely N-dealkylation sites (N-methyl/N-ethyl adjacent to an activating group) is 1. The van der Waals surface area contributed by atoms with Gasteiger partial charge in [0.25, 0.3) is 0 Å².